The number of fused-ring (bicyclic) bond motifs is 2. The number of benzene rings is 3. The molecule has 0 bridgehead atoms. The third-order valence-electron chi connectivity index (χ3n) is 6.16. The highest BCUT2D eigenvalue weighted by molar-refractivity contribution is 7.92. The summed E-state index contributed by atoms with van der Waals surface area (Å²) in [6.07, 6.45) is 1.48. The number of ether oxygens (including phenoxy) is 1. The van der Waals surface area contributed by atoms with Crippen LogP contribution in [0, 0.1) is 11.6 Å². The smallest absolute Gasteiger partial charge is 0.325 e. The number of aryl methyl sites for hydroxylation is 1. The number of esters is 1. The number of amides is 1. The second kappa shape index (κ2) is 10.1. The van der Waals surface area contributed by atoms with Crippen LogP contribution in [0.3, 0.4) is 0 Å². The van der Waals surface area contributed by atoms with Crippen molar-refractivity contribution in [1.29, 1.82) is 0 Å². The number of rotatable bonds is 5. The molecule has 0 N–H and O–H groups in total. The number of nitrogens with zero attached hydrogens (tertiary/aromatic N) is 3. The minimum Gasteiger partial charge on any atom is -0.468 e. The lowest BCUT2D eigenvalue weighted by Crippen LogP contribution is -2.35. The van der Waals surface area contributed by atoms with E-state index in [2.05, 4.69) is 9.73 Å². The number of sulfonamides is 1. The molecule has 0 saturated carbocycles. The van der Waals surface area contributed by atoms with Gasteiger partial charge in [0.15, 0.2) is 10.6 Å². The van der Waals surface area contributed by atoms with Crippen molar-refractivity contribution < 1.29 is 31.5 Å². The van der Waals surface area contributed by atoms with Crippen LogP contribution in [0.2, 0.25) is 0 Å². The van der Waals surface area contributed by atoms with Crippen LogP contribution in [0.15, 0.2) is 70.6 Å². The maximum atomic E-state index is 14.5. The molecule has 0 saturated heterocycles. The molecule has 12 heteroatoms. The molecular weight excluding hydrogens is 536 g/mol. The zero-order chi connectivity index (χ0) is 27.0. The molecule has 4 aromatic rings. The lowest BCUT2D eigenvalue weighted by molar-refractivity contribution is -0.141. The monoisotopic (exact) mass is 557 g/mol. The van der Waals surface area contributed by atoms with Gasteiger partial charge in [-0.2, -0.15) is 4.99 Å². The predicted octanol–water partition coefficient (Wildman–Crippen LogP) is 4.04. The molecule has 0 atom stereocenters. The van der Waals surface area contributed by atoms with Crippen molar-refractivity contribution in [1.82, 2.24) is 4.57 Å². The Morgan fingerprint density at radius 2 is 1.82 bits per heavy atom. The molecule has 8 nitrogen and oxygen atoms in total. The van der Waals surface area contributed by atoms with E-state index in [1.54, 1.807) is 12.1 Å². The van der Waals surface area contributed by atoms with Crippen LogP contribution >= 0.6 is 11.3 Å². The normalized spacial score (nSPS) is 14.0. The summed E-state index contributed by atoms with van der Waals surface area (Å²) in [4.78, 5) is 28.9. The summed E-state index contributed by atoms with van der Waals surface area (Å²) in [6, 6.07) is 14.4. The van der Waals surface area contributed by atoms with Crippen LogP contribution in [0.5, 0.6) is 0 Å². The molecule has 3 aromatic carbocycles. The van der Waals surface area contributed by atoms with E-state index in [0.29, 0.717) is 24.7 Å². The van der Waals surface area contributed by atoms with Crippen LogP contribution in [-0.2, 0) is 32.5 Å². The standard InChI is InChI=1S/C26H21F2N3O5S2/c1-36-23(32)15-30-24-20(28)13-18(27)14-22(24)37-26(30)29-25(33)17-8-10-19(11-9-17)38(34,35)31-12-4-6-16-5-2-3-7-21(16)31/h2-3,5,7-11,13-14H,4,6,12,15H2,1H3. The zero-order valence-electron chi connectivity index (χ0n) is 20.1. The molecule has 1 amide bonds. The minimum atomic E-state index is -3.87. The van der Waals surface area contributed by atoms with Gasteiger partial charge in [-0.3, -0.25) is 13.9 Å². The van der Waals surface area contributed by atoms with Gasteiger partial charge in [0, 0.05) is 18.2 Å². The second-order valence-electron chi connectivity index (χ2n) is 8.53. The Morgan fingerprint density at radius 3 is 2.55 bits per heavy atom. The third-order valence-corrected chi connectivity index (χ3v) is 9.02. The Labute approximate surface area is 220 Å². The number of hydrogen-bond donors (Lipinski definition) is 0. The summed E-state index contributed by atoms with van der Waals surface area (Å²) in [6.45, 7) is -0.0989. The number of halogens is 2. The number of carbonyl (C=O) groups is 2. The molecule has 196 valence electrons. The Kier molecular flexibility index (Phi) is 6.84. The minimum absolute atomic E-state index is 0.0194. The number of aromatic nitrogens is 1. The molecule has 1 aliphatic heterocycles. The SMILES string of the molecule is COC(=O)Cn1c(=NC(=O)c2ccc(S(=O)(=O)N3CCCc4ccccc43)cc2)sc2cc(F)cc(F)c21. The van der Waals surface area contributed by atoms with Gasteiger partial charge in [0.2, 0.25) is 0 Å². The molecule has 1 aromatic heterocycles. The van der Waals surface area contributed by atoms with Gasteiger partial charge in [-0.1, -0.05) is 29.5 Å². The van der Waals surface area contributed by atoms with E-state index in [1.807, 2.05) is 12.1 Å². The quantitative estimate of drug-likeness (QED) is 0.345. The van der Waals surface area contributed by atoms with E-state index in [0.717, 1.165) is 41.1 Å². The molecule has 0 spiro atoms. The van der Waals surface area contributed by atoms with Crippen molar-refractivity contribution >= 4 is 49.1 Å². The topological polar surface area (TPSA) is 98.0 Å². The summed E-state index contributed by atoms with van der Waals surface area (Å²) >= 11 is 0.833. The molecule has 0 aliphatic carbocycles. The summed E-state index contributed by atoms with van der Waals surface area (Å²) in [5.74, 6) is -3.19. The van der Waals surface area contributed by atoms with Crippen LogP contribution in [0.25, 0.3) is 10.2 Å². The van der Waals surface area contributed by atoms with Crippen molar-refractivity contribution in [2.75, 3.05) is 18.0 Å². The van der Waals surface area contributed by atoms with Crippen LogP contribution in [-0.4, -0.2) is 38.5 Å². The van der Waals surface area contributed by atoms with E-state index in [1.165, 1.54) is 28.6 Å². The van der Waals surface area contributed by atoms with E-state index in [9.17, 15) is 26.8 Å². The summed E-state index contributed by atoms with van der Waals surface area (Å²) < 4.78 is 62.4. The molecule has 0 fully saturated rings. The molecule has 0 radical (unpaired) electrons. The average Bonchev–Trinajstić information content (AvgIpc) is 3.24. The summed E-state index contributed by atoms with van der Waals surface area (Å²) in [5.41, 5.74) is 1.58. The van der Waals surface area contributed by atoms with E-state index >= 15 is 0 Å². The van der Waals surface area contributed by atoms with Crippen LogP contribution in [0.4, 0.5) is 14.5 Å². The fraction of sp³-hybridized carbons (Fsp3) is 0.192. The van der Waals surface area contributed by atoms with Crippen LogP contribution < -0.4 is 9.11 Å². The molecule has 5 rings (SSSR count). The number of carbonyl (C=O) groups excluding carboxylic acids is 2. The van der Waals surface area contributed by atoms with Crippen molar-refractivity contribution in [2.45, 2.75) is 24.3 Å². The highest BCUT2D eigenvalue weighted by atomic mass is 32.2. The third kappa shape index (κ3) is 4.72. The van der Waals surface area contributed by atoms with Gasteiger partial charge in [0.1, 0.15) is 12.4 Å². The van der Waals surface area contributed by atoms with Gasteiger partial charge >= 0.3 is 5.97 Å². The van der Waals surface area contributed by atoms with Gasteiger partial charge < -0.3 is 9.30 Å². The number of methoxy groups -OCH3 is 1. The molecule has 1 aliphatic rings. The van der Waals surface area contributed by atoms with Gasteiger partial charge in [0.25, 0.3) is 15.9 Å². The Morgan fingerprint density at radius 1 is 1.08 bits per heavy atom. The maximum absolute atomic E-state index is 14.5. The number of thiazole rings is 1. The second-order valence-corrected chi connectivity index (χ2v) is 11.4. The Balaban J connectivity index is 1.49. The van der Waals surface area contributed by atoms with Crippen molar-refractivity contribution in [3.63, 3.8) is 0 Å². The fourth-order valence-corrected chi connectivity index (χ4v) is 6.96. The lowest BCUT2D eigenvalue weighted by atomic mass is 10.0. The van der Waals surface area contributed by atoms with E-state index in [4.69, 9.17) is 0 Å². The molecule has 2 heterocycles. The first-order chi connectivity index (χ1) is 18.2. The lowest BCUT2D eigenvalue weighted by Gasteiger charge is -2.30. The van der Waals surface area contributed by atoms with Gasteiger partial charge in [0.05, 0.1) is 27.9 Å². The van der Waals surface area contributed by atoms with Crippen molar-refractivity contribution in [3.05, 3.63) is 88.2 Å². The highest BCUT2D eigenvalue weighted by Crippen LogP contribution is 2.32. The largest absolute Gasteiger partial charge is 0.468 e. The zero-order valence-corrected chi connectivity index (χ0v) is 21.7. The molecular formula is C26H21F2N3O5S2. The van der Waals surface area contributed by atoms with Gasteiger partial charge in [-0.15, -0.1) is 0 Å². The number of anilines is 1. The van der Waals surface area contributed by atoms with Gasteiger partial charge in [-0.25, -0.2) is 17.2 Å². The van der Waals surface area contributed by atoms with Crippen molar-refractivity contribution in [2.24, 2.45) is 4.99 Å². The molecule has 38 heavy (non-hydrogen) atoms. The molecule has 0 unspecified atom stereocenters. The van der Waals surface area contributed by atoms with Gasteiger partial charge in [-0.05, 0) is 54.8 Å². The highest BCUT2D eigenvalue weighted by Gasteiger charge is 2.29. The Bertz CT molecular complexity index is 1750. The number of hydrogen-bond acceptors (Lipinski definition) is 6. The predicted molar refractivity (Wildman–Crippen MR) is 137 cm³/mol. The van der Waals surface area contributed by atoms with Crippen molar-refractivity contribution in [3.8, 4) is 0 Å². The fourth-order valence-electron chi connectivity index (χ4n) is 4.35. The maximum Gasteiger partial charge on any atom is 0.325 e. The Hall–Kier alpha value is -3.90. The summed E-state index contributed by atoms with van der Waals surface area (Å²) in [5, 5.41) is 0. The number of para-hydroxylation sites is 1. The first-order valence-electron chi connectivity index (χ1n) is 11.5. The first-order valence-corrected chi connectivity index (χ1v) is 13.8. The van der Waals surface area contributed by atoms with Crippen LogP contribution in [0.1, 0.15) is 22.3 Å². The van der Waals surface area contributed by atoms with E-state index < -0.39 is 40.1 Å². The first kappa shape index (κ1) is 25.7. The average molecular weight is 558 g/mol. The van der Waals surface area contributed by atoms with E-state index in [-0.39, 0.29) is 25.5 Å². The summed E-state index contributed by atoms with van der Waals surface area (Å²) in [7, 11) is -2.71.